The molecule has 0 saturated carbocycles. The van der Waals surface area contributed by atoms with Crippen molar-refractivity contribution in [2.45, 2.75) is 142 Å². The molecule has 0 spiro atoms. The van der Waals surface area contributed by atoms with Crippen LogP contribution in [-0.4, -0.2) is 39.2 Å². The predicted molar refractivity (Wildman–Crippen MR) is 135 cm³/mol. The van der Waals surface area contributed by atoms with Gasteiger partial charge in [0.2, 0.25) is 20.8 Å². The third kappa shape index (κ3) is 48.4. The summed E-state index contributed by atoms with van der Waals surface area (Å²) in [4.78, 5) is 0. The van der Waals surface area contributed by atoms with E-state index in [4.69, 9.17) is 0 Å². The monoisotopic (exact) mass is 560 g/mol. The zero-order valence-electron chi connectivity index (χ0n) is 23.6. The molecule has 208 valence electrons. The van der Waals surface area contributed by atoms with Crippen molar-refractivity contribution in [3.05, 3.63) is 0 Å². The van der Waals surface area contributed by atoms with E-state index in [9.17, 15) is 25.9 Å². The number of rotatable bonds is 24. The first kappa shape index (κ1) is 44.4. The molecule has 0 fully saturated rings. The van der Waals surface area contributed by atoms with Gasteiger partial charge in [-0.1, -0.05) is 129 Å². The second-order valence-corrected chi connectivity index (χ2v) is 10.9. The fraction of sp³-hybridized carbons (Fsp3) is 1.00. The van der Waals surface area contributed by atoms with Crippen LogP contribution < -0.4 is 48.4 Å². The number of hydrogen-bond donors (Lipinski definition) is 0. The Hall–Kier alpha value is 1.34. The van der Waals surface area contributed by atoms with Gasteiger partial charge >= 0.3 is 48.4 Å². The standard InChI is InChI=1S/2C12H26O4S.Li.Na/c2*1-2-3-4-5-6-7-8-9-10-11-12-16-17(13,14)15;;/h2*2-12H2,1H3,(H,13,14,15);;/q;;2*+1/p-2. The molecule has 36 heavy (non-hydrogen) atoms. The Morgan fingerprint density at radius 3 is 0.833 bits per heavy atom. The largest absolute Gasteiger partial charge is 1.00 e. The summed E-state index contributed by atoms with van der Waals surface area (Å²) in [5.74, 6) is 0. The summed E-state index contributed by atoms with van der Waals surface area (Å²) in [6.45, 7) is 4.49. The molecule has 0 aromatic carbocycles. The fourth-order valence-electron chi connectivity index (χ4n) is 3.50. The quantitative estimate of drug-likeness (QED) is 0.0732. The predicted octanol–water partition coefficient (Wildman–Crippen LogP) is 0.776. The van der Waals surface area contributed by atoms with Crippen LogP contribution in [0.3, 0.4) is 0 Å². The van der Waals surface area contributed by atoms with Crippen LogP contribution >= 0.6 is 0 Å². The average Bonchev–Trinajstić information content (AvgIpc) is 2.75. The van der Waals surface area contributed by atoms with Gasteiger partial charge in [0.1, 0.15) is 0 Å². The van der Waals surface area contributed by atoms with Crippen LogP contribution in [-0.2, 0) is 29.2 Å². The molecule has 0 aliphatic carbocycles. The van der Waals surface area contributed by atoms with Gasteiger partial charge in [0, 0.05) is 0 Å². The summed E-state index contributed by atoms with van der Waals surface area (Å²) < 4.78 is 68.9. The average molecular weight is 561 g/mol. The van der Waals surface area contributed by atoms with Gasteiger partial charge in [-0.15, -0.1) is 0 Å². The Morgan fingerprint density at radius 2 is 0.639 bits per heavy atom. The Morgan fingerprint density at radius 1 is 0.444 bits per heavy atom. The third-order valence-electron chi connectivity index (χ3n) is 5.45. The Bertz CT molecular complexity index is 566. The normalized spacial score (nSPS) is 11.2. The van der Waals surface area contributed by atoms with Crippen LogP contribution in [0.5, 0.6) is 0 Å². The van der Waals surface area contributed by atoms with Gasteiger partial charge in [-0.2, -0.15) is 0 Å². The smallest absolute Gasteiger partial charge is 0.726 e. The van der Waals surface area contributed by atoms with E-state index in [1.54, 1.807) is 0 Å². The molecule has 0 heterocycles. The first-order valence-electron chi connectivity index (χ1n) is 13.3. The van der Waals surface area contributed by atoms with Crippen molar-refractivity contribution in [1.82, 2.24) is 0 Å². The maximum absolute atomic E-state index is 10.1. The van der Waals surface area contributed by atoms with Crippen molar-refractivity contribution in [2.75, 3.05) is 13.2 Å². The van der Waals surface area contributed by atoms with Crippen LogP contribution in [0.2, 0.25) is 0 Å². The van der Waals surface area contributed by atoms with Gasteiger partial charge < -0.3 is 9.11 Å². The third-order valence-corrected chi connectivity index (χ3v) is 6.36. The van der Waals surface area contributed by atoms with E-state index in [1.165, 1.54) is 89.9 Å². The summed E-state index contributed by atoms with van der Waals surface area (Å²) in [5.41, 5.74) is 0. The molecule has 12 heteroatoms. The summed E-state index contributed by atoms with van der Waals surface area (Å²) in [7, 11) is -8.97. The van der Waals surface area contributed by atoms with E-state index in [2.05, 4.69) is 22.2 Å². The molecular weight excluding hydrogens is 510 g/mol. The minimum atomic E-state index is -4.48. The van der Waals surface area contributed by atoms with Crippen LogP contribution in [0.25, 0.3) is 0 Å². The summed E-state index contributed by atoms with van der Waals surface area (Å²) in [6.07, 6.45) is 23.4. The molecule has 0 bridgehead atoms. The zero-order valence-corrected chi connectivity index (χ0v) is 27.3. The Kier molecular flexibility index (Phi) is 40.1. The Labute approximate surface area is 257 Å². The minimum Gasteiger partial charge on any atom is -0.726 e. The molecule has 0 N–H and O–H groups in total. The SMILES string of the molecule is CCCCCCCCCCCCOS(=O)(=O)[O-].CCCCCCCCCCCCOS(=O)(=O)[O-].[Li+].[Na+]. The van der Waals surface area contributed by atoms with Crippen molar-refractivity contribution in [1.29, 1.82) is 0 Å². The summed E-state index contributed by atoms with van der Waals surface area (Å²) >= 11 is 0. The molecule has 0 rings (SSSR count). The second-order valence-electron chi connectivity index (χ2n) is 8.82. The van der Waals surface area contributed by atoms with Crippen LogP contribution in [0, 0.1) is 0 Å². The van der Waals surface area contributed by atoms with Crippen LogP contribution in [0.4, 0.5) is 0 Å². The molecule has 0 radical (unpaired) electrons. The molecular formula is C24H50LiNaO8S2. The van der Waals surface area contributed by atoms with Crippen molar-refractivity contribution < 1.29 is 82.7 Å². The molecule has 0 amide bonds. The van der Waals surface area contributed by atoms with Crippen molar-refractivity contribution in [3.63, 3.8) is 0 Å². The van der Waals surface area contributed by atoms with Crippen molar-refractivity contribution >= 4 is 20.8 Å². The van der Waals surface area contributed by atoms with Gasteiger partial charge in [0.15, 0.2) is 0 Å². The van der Waals surface area contributed by atoms with Gasteiger partial charge in [-0.3, -0.25) is 8.37 Å². The molecule has 0 aromatic rings. The van der Waals surface area contributed by atoms with Gasteiger partial charge in [0.25, 0.3) is 0 Å². The molecule has 0 aliphatic heterocycles. The van der Waals surface area contributed by atoms with Crippen LogP contribution in [0.1, 0.15) is 142 Å². The molecule has 0 saturated heterocycles. The molecule has 0 aliphatic rings. The first-order chi connectivity index (χ1) is 16.1. The molecule has 8 nitrogen and oxygen atoms in total. The molecule has 0 unspecified atom stereocenters. The maximum atomic E-state index is 10.1. The zero-order chi connectivity index (χ0) is 26.0. The number of hydrogen-bond acceptors (Lipinski definition) is 8. The summed E-state index contributed by atoms with van der Waals surface area (Å²) in [6, 6.07) is 0. The van der Waals surface area contributed by atoms with E-state index in [1.807, 2.05) is 0 Å². The van der Waals surface area contributed by atoms with Crippen LogP contribution in [0.15, 0.2) is 0 Å². The molecule has 0 atom stereocenters. The van der Waals surface area contributed by atoms with Crippen molar-refractivity contribution in [2.24, 2.45) is 0 Å². The maximum Gasteiger partial charge on any atom is 1.00 e. The van der Waals surface area contributed by atoms with Gasteiger partial charge in [0.05, 0.1) is 13.2 Å². The van der Waals surface area contributed by atoms with E-state index in [0.29, 0.717) is 12.8 Å². The van der Waals surface area contributed by atoms with Crippen molar-refractivity contribution in [3.8, 4) is 0 Å². The minimum absolute atomic E-state index is 0. The molecule has 0 aromatic heterocycles. The van der Waals surface area contributed by atoms with E-state index < -0.39 is 20.8 Å². The Balaban J connectivity index is -0.000000269. The van der Waals surface area contributed by atoms with E-state index in [0.717, 1.165) is 25.7 Å². The topological polar surface area (TPSA) is 133 Å². The van der Waals surface area contributed by atoms with E-state index in [-0.39, 0.29) is 61.6 Å². The number of unbranched alkanes of at least 4 members (excludes halogenated alkanes) is 18. The first-order valence-corrected chi connectivity index (χ1v) is 16.0. The van der Waals surface area contributed by atoms with E-state index >= 15 is 0 Å². The van der Waals surface area contributed by atoms with Gasteiger partial charge in [-0.05, 0) is 12.8 Å². The van der Waals surface area contributed by atoms with Gasteiger partial charge in [-0.25, -0.2) is 16.8 Å². The fourth-order valence-corrected chi connectivity index (χ4v) is 4.14. The summed E-state index contributed by atoms with van der Waals surface area (Å²) in [5, 5.41) is 0. The second kappa shape index (κ2) is 32.5.